The van der Waals surface area contributed by atoms with Crippen molar-refractivity contribution >= 4 is 5.69 Å². The lowest BCUT2D eigenvalue weighted by Gasteiger charge is -2.00. The van der Waals surface area contributed by atoms with E-state index in [9.17, 15) is 14.5 Å². The van der Waals surface area contributed by atoms with Crippen LogP contribution < -0.4 is 0 Å². The summed E-state index contributed by atoms with van der Waals surface area (Å²) in [6.07, 6.45) is 5.43. The number of aromatic nitrogens is 2. The minimum atomic E-state index is -0.511. The molecule has 0 unspecified atom stereocenters. The van der Waals surface area contributed by atoms with Crippen molar-refractivity contribution in [1.82, 2.24) is 9.78 Å². The van der Waals surface area contributed by atoms with Gasteiger partial charge in [-0.05, 0) is 25.0 Å². The Morgan fingerprint density at radius 3 is 2.89 bits per heavy atom. The molecule has 5 nitrogen and oxygen atoms in total. The molecule has 0 amide bonds. The van der Waals surface area contributed by atoms with Gasteiger partial charge in [-0.25, -0.2) is 4.39 Å². The molecule has 0 aliphatic heterocycles. The first kappa shape index (κ1) is 10.9. The Morgan fingerprint density at radius 2 is 2.22 bits per heavy atom. The zero-order valence-electron chi connectivity index (χ0n) is 9.41. The van der Waals surface area contributed by atoms with E-state index in [0.717, 1.165) is 18.9 Å². The highest BCUT2D eigenvalue weighted by Crippen LogP contribution is 2.36. The maximum atomic E-state index is 13.2. The monoisotopic (exact) mass is 247 g/mol. The molecule has 0 atom stereocenters. The number of hydrogen-bond donors (Lipinski definition) is 0. The lowest BCUT2D eigenvalue weighted by Crippen LogP contribution is -1.93. The van der Waals surface area contributed by atoms with E-state index in [1.165, 1.54) is 12.1 Å². The maximum Gasteiger partial charge on any atom is 0.277 e. The van der Waals surface area contributed by atoms with Crippen molar-refractivity contribution in [3.8, 4) is 11.1 Å². The van der Waals surface area contributed by atoms with Crippen LogP contribution >= 0.6 is 0 Å². The van der Waals surface area contributed by atoms with E-state index in [2.05, 4.69) is 5.10 Å². The summed E-state index contributed by atoms with van der Waals surface area (Å²) in [5.41, 5.74) is 0.742. The molecule has 0 bridgehead atoms. The van der Waals surface area contributed by atoms with Gasteiger partial charge in [0.1, 0.15) is 5.82 Å². The highest BCUT2D eigenvalue weighted by molar-refractivity contribution is 5.72. The summed E-state index contributed by atoms with van der Waals surface area (Å²) in [6, 6.07) is 3.84. The average molecular weight is 247 g/mol. The van der Waals surface area contributed by atoms with Crippen molar-refractivity contribution in [3.63, 3.8) is 0 Å². The van der Waals surface area contributed by atoms with Gasteiger partial charge in [0.25, 0.3) is 5.69 Å². The first-order chi connectivity index (χ1) is 8.65. The zero-order chi connectivity index (χ0) is 12.7. The maximum absolute atomic E-state index is 13.2. The van der Waals surface area contributed by atoms with E-state index in [0.29, 0.717) is 11.6 Å². The second-order valence-electron chi connectivity index (χ2n) is 4.36. The number of hydrogen-bond acceptors (Lipinski definition) is 3. The van der Waals surface area contributed by atoms with Crippen molar-refractivity contribution < 1.29 is 9.31 Å². The highest BCUT2D eigenvalue weighted by atomic mass is 19.1. The van der Waals surface area contributed by atoms with Crippen LogP contribution in [0.25, 0.3) is 11.1 Å². The fourth-order valence-corrected chi connectivity index (χ4v) is 1.91. The largest absolute Gasteiger partial charge is 0.277 e. The number of nitro groups is 1. The van der Waals surface area contributed by atoms with E-state index < -0.39 is 10.7 Å². The van der Waals surface area contributed by atoms with Gasteiger partial charge < -0.3 is 0 Å². The normalized spacial score (nSPS) is 14.7. The van der Waals surface area contributed by atoms with Gasteiger partial charge in [-0.1, -0.05) is 0 Å². The summed E-state index contributed by atoms with van der Waals surface area (Å²) in [5, 5.41) is 15.1. The van der Waals surface area contributed by atoms with Crippen LogP contribution in [0.4, 0.5) is 10.1 Å². The summed E-state index contributed by atoms with van der Waals surface area (Å²) in [4.78, 5) is 10.4. The molecule has 1 heterocycles. The van der Waals surface area contributed by atoms with Crippen molar-refractivity contribution in [1.29, 1.82) is 0 Å². The lowest BCUT2D eigenvalue weighted by atomic mass is 10.1. The summed E-state index contributed by atoms with van der Waals surface area (Å²) in [7, 11) is 0. The zero-order valence-corrected chi connectivity index (χ0v) is 9.41. The number of nitro benzene ring substituents is 1. The molecule has 1 aromatic carbocycles. The van der Waals surface area contributed by atoms with E-state index in [1.807, 2.05) is 0 Å². The first-order valence-electron chi connectivity index (χ1n) is 5.63. The Bertz CT molecular complexity index is 620. The van der Waals surface area contributed by atoms with Gasteiger partial charge in [0.15, 0.2) is 0 Å². The van der Waals surface area contributed by atoms with Crippen LogP contribution in [-0.2, 0) is 0 Å². The van der Waals surface area contributed by atoms with Gasteiger partial charge >= 0.3 is 0 Å². The van der Waals surface area contributed by atoms with Crippen molar-refractivity contribution in [2.75, 3.05) is 0 Å². The summed E-state index contributed by atoms with van der Waals surface area (Å²) < 4.78 is 15.0. The van der Waals surface area contributed by atoms with Crippen molar-refractivity contribution in [2.45, 2.75) is 18.9 Å². The third-order valence-electron chi connectivity index (χ3n) is 2.99. The third-order valence-corrected chi connectivity index (χ3v) is 2.99. The third kappa shape index (κ3) is 1.85. The van der Waals surface area contributed by atoms with Gasteiger partial charge in [-0.15, -0.1) is 0 Å². The summed E-state index contributed by atoms with van der Waals surface area (Å²) in [6.45, 7) is 0. The molecule has 3 rings (SSSR count). The van der Waals surface area contributed by atoms with Gasteiger partial charge in [-0.3, -0.25) is 14.8 Å². The Balaban J connectivity index is 2.07. The molecule has 92 valence electrons. The number of benzene rings is 1. The Morgan fingerprint density at radius 1 is 1.44 bits per heavy atom. The van der Waals surface area contributed by atoms with Crippen LogP contribution in [0.2, 0.25) is 0 Å². The van der Waals surface area contributed by atoms with Gasteiger partial charge in [-0.2, -0.15) is 5.10 Å². The Kier molecular flexibility index (Phi) is 2.36. The van der Waals surface area contributed by atoms with Crippen LogP contribution in [-0.4, -0.2) is 14.7 Å². The van der Waals surface area contributed by atoms with Crippen molar-refractivity contribution in [2.24, 2.45) is 0 Å². The molecule has 1 aromatic heterocycles. The molecule has 0 saturated heterocycles. The van der Waals surface area contributed by atoms with Gasteiger partial charge in [0, 0.05) is 17.8 Å². The van der Waals surface area contributed by atoms with Crippen LogP contribution in [0.3, 0.4) is 0 Å². The summed E-state index contributed by atoms with van der Waals surface area (Å²) >= 11 is 0. The highest BCUT2D eigenvalue weighted by Gasteiger charge is 2.25. The second-order valence-corrected chi connectivity index (χ2v) is 4.36. The molecule has 1 saturated carbocycles. The molecule has 18 heavy (non-hydrogen) atoms. The molecular formula is C12H10FN3O2. The van der Waals surface area contributed by atoms with E-state index in [1.54, 1.807) is 17.1 Å². The quantitative estimate of drug-likeness (QED) is 0.618. The standard InChI is InChI=1S/C12H10FN3O2/c13-9-1-4-12(16(17)18)11(5-9)8-6-14-15(7-8)10-2-3-10/h1,4-7,10H,2-3H2. The fraction of sp³-hybridized carbons (Fsp3) is 0.250. The predicted molar refractivity (Wildman–Crippen MR) is 62.5 cm³/mol. The van der Waals surface area contributed by atoms with E-state index in [-0.39, 0.29) is 11.3 Å². The van der Waals surface area contributed by atoms with Crippen LogP contribution in [0.15, 0.2) is 30.6 Å². The molecule has 1 aliphatic rings. The molecule has 6 heteroatoms. The molecule has 0 radical (unpaired) electrons. The first-order valence-corrected chi connectivity index (χ1v) is 5.63. The lowest BCUT2D eigenvalue weighted by molar-refractivity contribution is -0.384. The molecule has 0 N–H and O–H groups in total. The van der Waals surface area contributed by atoms with E-state index in [4.69, 9.17) is 0 Å². The van der Waals surface area contributed by atoms with Crippen LogP contribution in [0.1, 0.15) is 18.9 Å². The molecular weight excluding hydrogens is 237 g/mol. The Hall–Kier alpha value is -2.24. The van der Waals surface area contributed by atoms with E-state index >= 15 is 0 Å². The topological polar surface area (TPSA) is 61.0 Å². The molecule has 1 aliphatic carbocycles. The van der Waals surface area contributed by atoms with Crippen LogP contribution in [0.5, 0.6) is 0 Å². The SMILES string of the molecule is O=[N+]([O-])c1ccc(F)cc1-c1cnn(C2CC2)c1. The van der Waals surface area contributed by atoms with Crippen molar-refractivity contribution in [3.05, 3.63) is 46.5 Å². The summed E-state index contributed by atoms with van der Waals surface area (Å²) in [5.74, 6) is -0.491. The molecule has 0 spiro atoms. The van der Waals surface area contributed by atoms with Crippen LogP contribution in [0, 0.1) is 15.9 Å². The number of rotatable bonds is 3. The fourth-order valence-electron chi connectivity index (χ4n) is 1.91. The predicted octanol–water partition coefficient (Wildman–Crippen LogP) is 2.93. The van der Waals surface area contributed by atoms with Gasteiger partial charge in [0.05, 0.1) is 22.7 Å². The Labute approximate surface area is 102 Å². The van der Waals surface area contributed by atoms with Gasteiger partial charge in [0.2, 0.25) is 0 Å². The minimum Gasteiger partial charge on any atom is -0.269 e. The second kappa shape index (κ2) is 3.90. The minimum absolute atomic E-state index is 0.105. The average Bonchev–Trinajstić information content (AvgIpc) is 3.07. The molecule has 2 aromatic rings. The number of nitrogens with zero attached hydrogens (tertiary/aromatic N) is 3. The number of halogens is 1. The molecule has 1 fully saturated rings. The smallest absolute Gasteiger partial charge is 0.269 e.